The number of rotatable bonds is 6. The summed E-state index contributed by atoms with van der Waals surface area (Å²) in [6, 6.07) is 10.2. The van der Waals surface area contributed by atoms with Gasteiger partial charge in [0.15, 0.2) is 19.5 Å². The van der Waals surface area contributed by atoms with E-state index in [4.69, 9.17) is 18.5 Å². The van der Waals surface area contributed by atoms with E-state index in [0.717, 1.165) is 49.5 Å². The maximum absolute atomic E-state index is 13.2. The minimum atomic E-state index is -0.437. The van der Waals surface area contributed by atoms with Crippen molar-refractivity contribution in [1.82, 2.24) is 20.2 Å². The number of morpholine rings is 1. The summed E-state index contributed by atoms with van der Waals surface area (Å²) in [5.74, 6) is -0.370. The Morgan fingerprint density at radius 1 is 1.09 bits per heavy atom. The average molecular weight is 470 g/mol. The highest BCUT2D eigenvalue weighted by molar-refractivity contribution is 6.07. The number of pyridine rings is 1. The lowest BCUT2D eigenvalue weighted by Gasteiger charge is -2.30. The molecule has 0 saturated carbocycles. The SMILES string of the molecule is [B]N[C@H]1CCN(c2ccc(-c3cnc(N)c(C(=O)Nc4cnccc4N4CCOCC4)n3)cc2)C1. The van der Waals surface area contributed by atoms with Crippen molar-refractivity contribution in [2.24, 2.45) is 0 Å². The Balaban J connectivity index is 1.34. The molecule has 5 rings (SSSR count). The fourth-order valence-electron chi connectivity index (χ4n) is 4.42. The van der Waals surface area contributed by atoms with Crippen LogP contribution in [-0.4, -0.2) is 74.3 Å². The molecule has 1 aromatic carbocycles. The molecule has 178 valence electrons. The molecule has 0 bridgehead atoms. The standard InChI is InChI=1S/C24H27BN8O2/c25-31-17-6-8-33(15-17)18-3-1-16(2-4-18)19-14-28-23(26)22(29-19)24(34)30-20-13-27-7-5-21(20)32-9-11-35-12-10-32/h1-5,7,13-14,17,31H,6,8-12,15H2,(H2,26,28)(H,30,34)/t17-/m0/s1. The van der Waals surface area contributed by atoms with Crippen molar-refractivity contribution >= 4 is 36.8 Å². The fraction of sp³-hybridized carbons (Fsp3) is 0.333. The Morgan fingerprint density at radius 2 is 1.89 bits per heavy atom. The van der Waals surface area contributed by atoms with E-state index in [-0.39, 0.29) is 11.5 Å². The topological polar surface area (TPSA) is 122 Å². The van der Waals surface area contributed by atoms with Crippen LogP contribution in [0.2, 0.25) is 0 Å². The number of amides is 1. The highest BCUT2D eigenvalue weighted by Gasteiger charge is 2.22. The van der Waals surface area contributed by atoms with Gasteiger partial charge in [0.05, 0.1) is 42.7 Å². The number of anilines is 4. The van der Waals surface area contributed by atoms with Crippen LogP contribution in [0.25, 0.3) is 11.3 Å². The summed E-state index contributed by atoms with van der Waals surface area (Å²) in [5, 5.41) is 5.75. The highest BCUT2D eigenvalue weighted by Crippen LogP contribution is 2.28. The van der Waals surface area contributed by atoms with Crippen LogP contribution in [0.1, 0.15) is 16.9 Å². The van der Waals surface area contributed by atoms with Crippen molar-refractivity contribution in [2.45, 2.75) is 12.5 Å². The van der Waals surface area contributed by atoms with Crippen LogP contribution in [-0.2, 0) is 4.74 Å². The first-order valence-electron chi connectivity index (χ1n) is 11.6. The lowest BCUT2D eigenvalue weighted by atomic mass is 10.1. The van der Waals surface area contributed by atoms with Gasteiger partial charge in [-0.15, -0.1) is 0 Å². The summed E-state index contributed by atoms with van der Waals surface area (Å²) in [5.41, 5.74) is 10.1. The molecule has 2 aromatic heterocycles. The van der Waals surface area contributed by atoms with Crippen molar-refractivity contribution in [1.29, 1.82) is 0 Å². The van der Waals surface area contributed by atoms with E-state index in [2.05, 4.69) is 35.3 Å². The van der Waals surface area contributed by atoms with Crippen LogP contribution in [0.5, 0.6) is 0 Å². The van der Waals surface area contributed by atoms with Gasteiger partial charge in [0, 0.05) is 49.7 Å². The third-order valence-electron chi connectivity index (χ3n) is 6.37. The Bertz CT molecular complexity index is 1190. The van der Waals surface area contributed by atoms with Crippen molar-refractivity contribution in [3.63, 3.8) is 0 Å². The molecule has 1 amide bonds. The summed E-state index contributed by atoms with van der Waals surface area (Å²) >= 11 is 0. The number of nitrogens with zero attached hydrogens (tertiary/aromatic N) is 5. The quantitative estimate of drug-likeness (QED) is 0.460. The van der Waals surface area contributed by atoms with Crippen LogP contribution >= 0.6 is 0 Å². The van der Waals surface area contributed by atoms with Gasteiger partial charge >= 0.3 is 0 Å². The number of carbonyl (C=O) groups excluding carboxylic acids is 1. The maximum Gasteiger partial charge on any atom is 0.278 e. The second-order valence-corrected chi connectivity index (χ2v) is 8.58. The molecular formula is C24H27BN8O2. The van der Waals surface area contributed by atoms with Crippen LogP contribution in [0.3, 0.4) is 0 Å². The number of ether oxygens (including phenoxy) is 1. The monoisotopic (exact) mass is 470 g/mol. The molecule has 35 heavy (non-hydrogen) atoms. The van der Waals surface area contributed by atoms with Crippen molar-refractivity contribution in [2.75, 3.05) is 60.2 Å². The van der Waals surface area contributed by atoms with Crippen LogP contribution in [0.4, 0.5) is 22.9 Å². The molecule has 11 heteroatoms. The first-order valence-corrected chi connectivity index (χ1v) is 11.6. The molecule has 2 radical (unpaired) electrons. The molecule has 2 saturated heterocycles. The summed E-state index contributed by atoms with van der Waals surface area (Å²) < 4.78 is 5.44. The van der Waals surface area contributed by atoms with E-state index in [1.54, 1.807) is 18.6 Å². The van der Waals surface area contributed by atoms with Gasteiger partial charge in [-0.05, 0) is 24.6 Å². The second-order valence-electron chi connectivity index (χ2n) is 8.58. The fourth-order valence-corrected chi connectivity index (χ4v) is 4.42. The Morgan fingerprint density at radius 3 is 2.63 bits per heavy atom. The van der Waals surface area contributed by atoms with E-state index in [9.17, 15) is 4.79 Å². The van der Waals surface area contributed by atoms with Gasteiger partial charge < -0.3 is 30.8 Å². The summed E-state index contributed by atoms with van der Waals surface area (Å²) in [4.78, 5) is 30.5. The molecule has 4 N–H and O–H groups in total. The zero-order valence-corrected chi connectivity index (χ0v) is 19.4. The molecular weight excluding hydrogens is 443 g/mol. The van der Waals surface area contributed by atoms with E-state index in [1.807, 2.05) is 30.3 Å². The predicted molar refractivity (Wildman–Crippen MR) is 137 cm³/mol. The summed E-state index contributed by atoms with van der Waals surface area (Å²) in [6.07, 6.45) is 5.91. The van der Waals surface area contributed by atoms with Gasteiger partial charge in [0.1, 0.15) is 0 Å². The molecule has 0 spiro atoms. The first-order chi connectivity index (χ1) is 17.1. The number of nitrogen functional groups attached to an aromatic ring is 1. The minimum absolute atomic E-state index is 0.0667. The number of carbonyl (C=O) groups is 1. The normalized spacial score (nSPS) is 18.0. The van der Waals surface area contributed by atoms with Gasteiger partial charge in [-0.1, -0.05) is 12.1 Å². The van der Waals surface area contributed by atoms with E-state index in [0.29, 0.717) is 30.6 Å². The molecule has 4 heterocycles. The summed E-state index contributed by atoms with van der Waals surface area (Å²) in [6.45, 7) is 4.56. The number of nitrogens with two attached hydrogens (primary N) is 1. The van der Waals surface area contributed by atoms with Crippen LogP contribution < -0.4 is 26.1 Å². The number of hydrogen-bond acceptors (Lipinski definition) is 9. The molecule has 0 aliphatic carbocycles. The van der Waals surface area contributed by atoms with Gasteiger partial charge in [-0.3, -0.25) is 9.78 Å². The van der Waals surface area contributed by atoms with Gasteiger partial charge in [-0.25, -0.2) is 9.97 Å². The second kappa shape index (κ2) is 10.3. The molecule has 2 aliphatic rings. The van der Waals surface area contributed by atoms with E-state index < -0.39 is 5.91 Å². The number of hydrogen-bond donors (Lipinski definition) is 3. The zero-order chi connectivity index (χ0) is 24.2. The Kier molecular flexibility index (Phi) is 6.78. The zero-order valence-electron chi connectivity index (χ0n) is 19.4. The maximum atomic E-state index is 13.2. The highest BCUT2D eigenvalue weighted by atomic mass is 16.5. The van der Waals surface area contributed by atoms with Gasteiger partial charge in [-0.2, -0.15) is 0 Å². The van der Waals surface area contributed by atoms with Crippen molar-refractivity contribution in [3.05, 3.63) is 54.6 Å². The molecule has 0 unspecified atom stereocenters. The molecule has 3 aromatic rings. The van der Waals surface area contributed by atoms with Crippen molar-refractivity contribution in [3.8, 4) is 11.3 Å². The Labute approximate surface area is 205 Å². The molecule has 10 nitrogen and oxygen atoms in total. The van der Waals surface area contributed by atoms with Gasteiger partial charge in [0.25, 0.3) is 5.91 Å². The first kappa shape index (κ1) is 23.1. The lowest BCUT2D eigenvalue weighted by molar-refractivity contribution is 0.102. The number of benzene rings is 1. The van der Waals surface area contributed by atoms with E-state index in [1.165, 1.54) is 0 Å². The van der Waals surface area contributed by atoms with Gasteiger partial charge in [0.2, 0.25) is 0 Å². The third kappa shape index (κ3) is 5.05. The number of aromatic nitrogens is 3. The predicted octanol–water partition coefficient (Wildman–Crippen LogP) is 1.46. The average Bonchev–Trinajstić information content (AvgIpc) is 3.39. The minimum Gasteiger partial charge on any atom is -0.382 e. The molecule has 2 aliphatic heterocycles. The van der Waals surface area contributed by atoms with Crippen LogP contribution in [0, 0.1) is 0 Å². The smallest absolute Gasteiger partial charge is 0.278 e. The molecule has 2 fully saturated rings. The lowest BCUT2D eigenvalue weighted by Crippen LogP contribution is -2.36. The van der Waals surface area contributed by atoms with Crippen LogP contribution in [0.15, 0.2) is 48.9 Å². The Hall–Kier alpha value is -3.70. The number of nitrogens with one attached hydrogen (secondary N) is 2. The van der Waals surface area contributed by atoms with E-state index >= 15 is 0 Å². The van der Waals surface area contributed by atoms with Crippen molar-refractivity contribution < 1.29 is 9.53 Å². The summed E-state index contributed by atoms with van der Waals surface area (Å²) in [7, 11) is 5.57. The molecule has 1 atom stereocenters. The largest absolute Gasteiger partial charge is 0.382 e. The third-order valence-corrected chi connectivity index (χ3v) is 6.37.